The van der Waals surface area contributed by atoms with Crippen LogP contribution in [-0.2, 0) is 0 Å². The van der Waals surface area contributed by atoms with E-state index in [4.69, 9.17) is 0 Å². The Morgan fingerprint density at radius 3 is 2.26 bits per heavy atom. The van der Waals surface area contributed by atoms with Crippen molar-refractivity contribution in [1.29, 1.82) is 0 Å². The number of rotatable bonds is 3. The summed E-state index contributed by atoms with van der Waals surface area (Å²) in [5, 5.41) is 13.5. The van der Waals surface area contributed by atoms with Gasteiger partial charge in [0.15, 0.2) is 0 Å². The van der Waals surface area contributed by atoms with Gasteiger partial charge in [-0.2, -0.15) is 5.10 Å². The van der Waals surface area contributed by atoms with Crippen molar-refractivity contribution in [3.05, 3.63) is 47.3 Å². The molecule has 19 heavy (non-hydrogen) atoms. The standard InChI is InChI=1S/C14H16N4O/c1-9-8-10(2)16-14(15-9)18-17-11(3)12-4-6-13(19)7-5-12/h4-8,19H,1-3H3,(H,15,16,18)/b17-11+. The highest BCUT2D eigenvalue weighted by atomic mass is 16.3. The number of benzene rings is 1. The number of phenolic OH excluding ortho intramolecular Hbond substituents is 1. The first-order chi connectivity index (χ1) is 9.04. The van der Waals surface area contributed by atoms with E-state index in [0.29, 0.717) is 5.95 Å². The van der Waals surface area contributed by atoms with E-state index in [1.54, 1.807) is 24.3 Å². The molecule has 2 N–H and O–H groups in total. The molecule has 0 amide bonds. The molecular weight excluding hydrogens is 240 g/mol. The molecule has 0 bridgehead atoms. The average molecular weight is 256 g/mol. The van der Waals surface area contributed by atoms with Gasteiger partial charge < -0.3 is 5.11 Å². The quantitative estimate of drug-likeness (QED) is 0.654. The van der Waals surface area contributed by atoms with Gasteiger partial charge in [0.1, 0.15) is 5.75 Å². The fourth-order valence-corrected chi connectivity index (χ4v) is 1.68. The zero-order valence-corrected chi connectivity index (χ0v) is 11.2. The fourth-order valence-electron chi connectivity index (χ4n) is 1.68. The van der Waals surface area contributed by atoms with Gasteiger partial charge in [-0.3, -0.25) is 0 Å². The van der Waals surface area contributed by atoms with Crippen LogP contribution in [0.1, 0.15) is 23.9 Å². The van der Waals surface area contributed by atoms with Crippen LogP contribution < -0.4 is 5.43 Å². The summed E-state index contributed by atoms with van der Waals surface area (Å²) < 4.78 is 0. The lowest BCUT2D eigenvalue weighted by Gasteiger charge is -2.04. The highest BCUT2D eigenvalue weighted by Crippen LogP contribution is 2.11. The number of aryl methyl sites for hydroxylation is 2. The largest absolute Gasteiger partial charge is 0.508 e. The minimum absolute atomic E-state index is 0.238. The molecule has 0 radical (unpaired) electrons. The van der Waals surface area contributed by atoms with Crippen molar-refractivity contribution in [3.63, 3.8) is 0 Å². The van der Waals surface area contributed by atoms with Crippen LogP contribution in [0.2, 0.25) is 0 Å². The van der Waals surface area contributed by atoms with E-state index in [1.807, 2.05) is 26.8 Å². The molecule has 5 heteroatoms. The number of nitrogens with zero attached hydrogens (tertiary/aromatic N) is 3. The molecule has 2 aromatic rings. The molecule has 0 spiro atoms. The fraction of sp³-hybridized carbons (Fsp3) is 0.214. The first-order valence-electron chi connectivity index (χ1n) is 5.96. The predicted octanol–water partition coefficient (Wildman–Crippen LogP) is 2.64. The van der Waals surface area contributed by atoms with E-state index in [2.05, 4.69) is 20.5 Å². The number of hydrogen-bond donors (Lipinski definition) is 2. The summed E-state index contributed by atoms with van der Waals surface area (Å²) >= 11 is 0. The third-order valence-corrected chi connectivity index (χ3v) is 2.59. The number of aromatic nitrogens is 2. The molecule has 0 aliphatic carbocycles. The number of aromatic hydroxyl groups is 1. The molecule has 0 aliphatic heterocycles. The molecule has 0 fully saturated rings. The Balaban J connectivity index is 2.15. The molecule has 1 heterocycles. The Morgan fingerprint density at radius 1 is 1.11 bits per heavy atom. The zero-order chi connectivity index (χ0) is 13.8. The van der Waals surface area contributed by atoms with Crippen molar-refractivity contribution in [2.45, 2.75) is 20.8 Å². The van der Waals surface area contributed by atoms with Crippen LogP contribution in [-0.4, -0.2) is 20.8 Å². The number of hydrazone groups is 1. The van der Waals surface area contributed by atoms with Crippen molar-refractivity contribution >= 4 is 11.7 Å². The number of nitrogens with one attached hydrogen (secondary N) is 1. The van der Waals surface area contributed by atoms with Gasteiger partial charge >= 0.3 is 0 Å². The second-order valence-electron chi connectivity index (χ2n) is 4.33. The molecule has 98 valence electrons. The van der Waals surface area contributed by atoms with Crippen LogP contribution in [0.15, 0.2) is 35.4 Å². The maximum absolute atomic E-state index is 9.23. The third kappa shape index (κ3) is 3.51. The van der Waals surface area contributed by atoms with E-state index in [9.17, 15) is 5.11 Å². The lowest BCUT2D eigenvalue weighted by molar-refractivity contribution is 0.475. The van der Waals surface area contributed by atoms with Gasteiger partial charge in [-0.05, 0) is 56.7 Å². The number of phenols is 1. The number of anilines is 1. The molecule has 0 unspecified atom stereocenters. The van der Waals surface area contributed by atoms with E-state index < -0.39 is 0 Å². The van der Waals surface area contributed by atoms with Crippen LogP contribution in [0.3, 0.4) is 0 Å². The monoisotopic (exact) mass is 256 g/mol. The highest BCUT2D eigenvalue weighted by Gasteiger charge is 2.00. The van der Waals surface area contributed by atoms with Crippen LogP contribution in [0.25, 0.3) is 0 Å². The van der Waals surface area contributed by atoms with Crippen molar-refractivity contribution in [2.24, 2.45) is 5.10 Å². The maximum Gasteiger partial charge on any atom is 0.243 e. The van der Waals surface area contributed by atoms with E-state index in [1.165, 1.54) is 0 Å². The highest BCUT2D eigenvalue weighted by molar-refractivity contribution is 5.99. The van der Waals surface area contributed by atoms with Gasteiger partial charge in [-0.1, -0.05) is 0 Å². The van der Waals surface area contributed by atoms with Gasteiger partial charge in [0.05, 0.1) is 5.71 Å². The number of hydrogen-bond acceptors (Lipinski definition) is 5. The Labute approximate surface area is 112 Å². The van der Waals surface area contributed by atoms with Gasteiger partial charge in [-0.25, -0.2) is 15.4 Å². The molecule has 1 aromatic carbocycles. The van der Waals surface area contributed by atoms with Crippen LogP contribution in [0.5, 0.6) is 5.75 Å². The summed E-state index contributed by atoms with van der Waals surface area (Å²) in [6.45, 7) is 5.70. The van der Waals surface area contributed by atoms with Gasteiger partial charge in [0.25, 0.3) is 0 Å². The molecular formula is C14H16N4O. The molecule has 0 saturated carbocycles. The Bertz CT molecular complexity index is 585. The lowest BCUT2D eigenvalue weighted by atomic mass is 10.1. The summed E-state index contributed by atoms with van der Waals surface area (Å²) in [5.74, 6) is 0.720. The van der Waals surface area contributed by atoms with E-state index in [0.717, 1.165) is 22.7 Å². The first-order valence-corrected chi connectivity index (χ1v) is 5.96. The van der Waals surface area contributed by atoms with Crippen LogP contribution >= 0.6 is 0 Å². The Morgan fingerprint density at radius 2 is 1.68 bits per heavy atom. The molecule has 5 nitrogen and oxygen atoms in total. The summed E-state index contributed by atoms with van der Waals surface area (Å²) in [7, 11) is 0. The molecule has 0 aliphatic rings. The van der Waals surface area contributed by atoms with Gasteiger partial charge in [0, 0.05) is 11.4 Å². The van der Waals surface area contributed by atoms with Crippen LogP contribution in [0, 0.1) is 13.8 Å². The minimum Gasteiger partial charge on any atom is -0.508 e. The van der Waals surface area contributed by atoms with E-state index in [-0.39, 0.29) is 5.75 Å². The average Bonchev–Trinajstić information content (AvgIpc) is 2.36. The second kappa shape index (κ2) is 5.48. The molecule has 1 aromatic heterocycles. The van der Waals surface area contributed by atoms with E-state index >= 15 is 0 Å². The topological polar surface area (TPSA) is 70.4 Å². The van der Waals surface area contributed by atoms with Crippen molar-refractivity contribution < 1.29 is 5.11 Å². The Hall–Kier alpha value is -2.43. The van der Waals surface area contributed by atoms with Crippen molar-refractivity contribution in [1.82, 2.24) is 9.97 Å². The second-order valence-corrected chi connectivity index (χ2v) is 4.33. The predicted molar refractivity (Wildman–Crippen MR) is 75.4 cm³/mol. The first kappa shape index (κ1) is 13.0. The third-order valence-electron chi connectivity index (χ3n) is 2.59. The summed E-state index contributed by atoms with van der Waals surface area (Å²) in [6, 6.07) is 8.77. The minimum atomic E-state index is 0.238. The van der Waals surface area contributed by atoms with Crippen LogP contribution in [0.4, 0.5) is 5.95 Å². The molecule has 0 saturated heterocycles. The lowest BCUT2D eigenvalue weighted by Crippen LogP contribution is -2.03. The summed E-state index contributed by atoms with van der Waals surface area (Å²) in [4.78, 5) is 8.49. The summed E-state index contributed by atoms with van der Waals surface area (Å²) in [5.41, 5.74) is 6.35. The smallest absolute Gasteiger partial charge is 0.243 e. The van der Waals surface area contributed by atoms with Crippen molar-refractivity contribution in [2.75, 3.05) is 5.43 Å². The van der Waals surface area contributed by atoms with Gasteiger partial charge in [0.2, 0.25) is 5.95 Å². The maximum atomic E-state index is 9.23. The normalized spacial score (nSPS) is 11.4. The molecule has 0 atom stereocenters. The zero-order valence-electron chi connectivity index (χ0n) is 11.2. The van der Waals surface area contributed by atoms with Crippen molar-refractivity contribution in [3.8, 4) is 5.75 Å². The summed E-state index contributed by atoms with van der Waals surface area (Å²) in [6.07, 6.45) is 0. The van der Waals surface area contributed by atoms with Gasteiger partial charge in [-0.15, -0.1) is 0 Å². The molecule has 2 rings (SSSR count). The SMILES string of the molecule is C/C(=N\Nc1nc(C)cc(C)n1)c1ccc(O)cc1. The Kier molecular flexibility index (Phi) is 3.75.